The first-order valence-corrected chi connectivity index (χ1v) is 11.6. The van der Waals surface area contributed by atoms with Gasteiger partial charge in [-0.05, 0) is 66.1 Å². The zero-order valence-corrected chi connectivity index (χ0v) is 19.4. The van der Waals surface area contributed by atoms with Gasteiger partial charge in [0.05, 0.1) is 17.3 Å². The Balaban J connectivity index is 1.23. The number of alkyl halides is 3. The number of nitrogen functional groups attached to an aromatic ring is 1. The first-order valence-electron chi connectivity index (χ1n) is 11.6. The van der Waals surface area contributed by atoms with Gasteiger partial charge >= 0.3 is 12.2 Å². The molecule has 1 fully saturated rings. The lowest BCUT2D eigenvalue weighted by atomic mass is 10.1. The number of hydrogen-bond acceptors (Lipinski definition) is 4. The number of anilines is 2. The van der Waals surface area contributed by atoms with Crippen LogP contribution >= 0.6 is 0 Å². The fraction of sp³-hybridized carbons (Fsp3) is 0.308. The Morgan fingerprint density at radius 1 is 1.06 bits per heavy atom. The Bertz CT molecular complexity index is 1280. The van der Waals surface area contributed by atoms with Crippen molar-refractivity contribution in [1.29, 1.82) is 0 Å². The van der Waals surface area contributed by atoms with Gasteiger partial charge in [0.25, 0.3) is 0 Å². The van der Waals surface area contributed by atoms with Crippen LogP contribution < -0.4 is 11.1 Å². The number of rotatable bonds is 4. The summed E-state index contributed by atoms with van der Waals surface area (Å²) < 4.78 is 52.2. The molecule has 6 nitrogen and oxygen atoms in total. The molecule has 1 aromatic heterocycles. The summed E-state index contributed by atoms with van der Waals surface area (Å²) >= 11 is 0. The average molecular weight is 500 g/mol. The van der Waals surface area contributed by atoms with Crippen molar-refractivity contribution in [2.24, 2.45) is 5.92 Å². The molecule has 0 aliphatic carbocycles. The zero-order chi connectivity index (χ0) is 25.4. The SMILES string of the molecule is Nc1ccc(-c2ccc(F)cc2)nc1NC(=O)N1Cc2ccc(CN3CCC(C(F)(F)F)C3)cc2C1. The number of nitrogens with two attached hydrogens (primary N) is 1. The minimum absolute atomic E-state index is 0.0144. The van der Waals surface area contributed by atoms with Gasteiger partial charge in [-0.3, -0.25) is 10.2 Å². The highest BCUT2D eigenvalue weighted by Gasteiger charge is 2.43. The summed E-state index contributed by atoms with van der Waals surface area (Å²) in [6.07, 6.45) is -4.03. The smallest absolute Gasteiger partial charge is 0.393 e. The topological polar surface area (TPSA) is 74.5 Å². The highest BCUT2D eigenvalue weighted by Crippen LogP contribution is 2.34. The Hall–Kier alpha value is -3.66. The van der Waals surface area contributed by atoms with Gasteiger partial charge in [-0.1, -0.05) is 18.2 Å². The van der Waals surface area contributed by atoms with E-state index < -0.39 is 12.1 Å². The molecule has 1 unspecified atom stereocenters. The molecule has 188 valence electrons. The highest BCUT2D eigenvalue weighted by molar-refractivity contribution is 5.92. The number of benzene rings is 2. The summed E-state index contributed by atoms with van der Waals surface area (Å²) in [5, 5.41) is 2.76. The van der Waals surface area contributed by atoms with E-state index in [2.05, 4.69) is 10.3 Å². The van der Waals surface area contributed by atoms with Crippen LogP contribution in [0, 0.1) is 11.7 Å². The highest BCUT2D eigenvalue weighted by atomic mass is 19.4. The normalized spacial score (nSPS) is 17.9. The minimum atomic E-state index is -4.16. The molecule has 0 spiro atoms. The molecule has 1 saturated heterocycles. The third kappa shape index (κ3) is 5.13. The third-order valence-electron chi connectivity index (χ3n) is 6.71. The Labute approximate surface area is 205 Å². The molecular weight excluding hydrogens is 474 g/mol. The maximum Gasteiger partial charge on any atom is 0.393 e. The fourth-order valence-electron chi connectivity index (χ4n) is 4.72. The summed E-state index contributed by atoms with van der Waals surface area (Å²) in [7, 11) is 0. The molecule has 2 aliphatic heterocycles. The lowest BCUT2D eigenvalue weighted by Gasteiger charge is -2.18. The van der Waals surface area contributed by atoms with E-state index in [4.69, 9.17) is 5.73 Å². The molecule has 1 atom stereocenters. The first-order chi connectivity index (χ1) is 17.2. The van der Waals surface area contributed by atoms with Crippen LogP contribution in [0.4, 0.5) is 33.9 Å². The largest absolute Gasteiger partial charge is 0.396 e. The Morgan fingerprint density at radius 2 is 1.81 bits per heavy atom. The van der Waals surface area contributed by atoms with Crippen LogP contribution in [-0.2, 0) is 19.6 Å². The van der Waals surface area contributed by atoms with Gasteiger partial charge in [-0.15, -0.1) is 0 Å². The molecule has 0 bridgehead atoms. The number of nitrogens with zero attached hydrogens (tertiary/aromatic N) is 3. The van der Waals surface area contributed by atoms with Crippen molar-refractivity contribution in [2.75, 3.05) is 24.1 Å². The number of aromatic nitrogens is 1. The van der Waals surface area contributed by atoms with E-state index in [0.717, 1.165) is 16.7 Å². The number of halogens is 4. The van der Waals surface area contributed by atoms with Crippen molar-refractivity contribution in [1.82, 2.24) is 14.8 Å². The molecule has 36 heavy (non-hydrogen) atoms. The molecule has 0 radical (unpaired) electrons. The second kappa shape index (κ2) is 9.42. The van der Waals surface area contributed by atoms with Crippen molar-refractivity contribution >= 4 is 17.5 Å². The van der Waals surface area contributed by atoms with E-state index in [9.17, 15) is 22.4 Å². The van der Waals surface area contributed by atoms with Gasteiger partial charge < -0.3 is 10.6 Å². The quantitative estimate of drug-likeness (QED) is 0.472. The van der Waals surface area contributed by atoms with Crippen molar-refractivity contribution in [2.45, 2.75) is 32.2 Å². The van der Waals surface area contributed by atoms with Crippen LogP contribution in [0.15, 0.2) is 54.6 Å². The molecule has 5 rings (SSSR count). The van der Waals surface area contributed by atoms with E-state index in [-0.39, 0.29) is 30.6 Å². The maximum absolute atomic E-state index is 13.2. The monoisotopic (exact) mass is 499 g/mol. The molecule has 2 aliphatic rings. The minimum Gasteiger partial charge on any atom is -0.396 e. The van der Waals surface area contributed by atoms with Gasteiger partial charge in [0, 0.05) is 31.7 Å². The lowest BCUT2D eigenvalue weighted by Crippen LogP contribution is -2.30. The average Bonchev–Trinajstić information content (AvgIpc) is 3.48. The molecule has 2 amide bonds. The number of amides is 2. The Morgan fingerprint density at radius 3 is 2.53 bits per heavy atom. The number of pyridine rings is 1. The van der Waals surface area contributed by atoms with Crippen LogP contribution in [0.25, 0.3) is 11.3 Å². The van der Waals surface area contributed by atoms with Crippen molar-refractivity contribution in [3.8, 4) is 11.3 Å². The second-order valence-electron chi connectivity index (χ2n) is 9.29. The Kier molecular flexibility index (Phi) is 6.29. The zero-order valence-electron chi connectivity index (χ0n) is 19.4. The fourth-order valence-corrected chi connectivity index (χ4v) is 4.72. The number of fused-ring (bicyclic) bond motifs is 1. The third-order valence-corrected chi connectivity index (χ3v) is 6.71. The van der Waals surface area contributed by atoms with Crippen molar-refractivity contribution in [3.05, 3.63) is 77.1 Å². The molecular formula is C26H25F4N5O. The molecule has 10 heteroatoms. The van der Waals surface area contributed by atoms with Gasteiger partial charge in [0.2, 0.25) is 0 Å². The van der Waals surface area contributed by atoms with Gasteiger partial charge in [-0.25, -0.2) is 14.2 Å². The van der Waals surface area contributed by atoms with E-state index >= 15 is 0 Å². The lowest BCUT2D eigenvalue weighted by molar-refractivity contribution is -0.170. The maximum atomic E-state index is 13.2. The van der Waals surface area contributed by atoms with Gasteiger partial charge in [0.1, 0.15) is 5.82 Å². The van der Waals surface area contributed by atoms with Crippen molar-refractivity contribution < 1.29 is 22.4 Å². The van der Waals surface area contributed by atoms with Crippen LogP contribution in [0.2, 0.25) is 0 Å². The van der Waals surface area contributed by atoms with Crippen LogP contribution in [-0.4, -0.2) is 40.1 Å². The standard InChI is InChI=1S/C26H25F4N5O/c27-21-5-3-17(4-6-21)23-8-7-22(31)24(32-23)33-25(36)35-13-18-2-1-16(11-19(18)14-35)12-34-10-9-20(15-34)26(28,29)30/h1-8,11,20H,9-10,12-15,31H2,(H,32,33,36). The number of carbonyl (C=O) groups excluding carboxylic acids is 1. The molecule has 3 heterocycles. The number of carbonyl (C=O) groups is 1. The van der Waals surface area contributed by atoms with Gasteiger partial charge in [-0.2, -0.15) is 13.2 Å². The number of likely N-dealkylation sites (tertiary alicyclic amines) is 1. The van der Waals surface area contributed by atoms with Gasteiger partial charge in [0.15, 0.2) is 5.82 Å². The van der Waals surface area contributed by atoms with Crippen LogP contribution in [0.5, 0.6) is 0 Å². The molecule has 3 aromatic rings. The molecule has 2 aromatic carbocycles. The first kappa shape index (κ1) is 24.1. The number of hydrogen-bond donors (Lipinski definition) is 2. The predicted octanol–water partition coefficient (Wildman–Crippen LogP) is 5.40. The summed E-state index contributed by atoms with van der Waals surface area (Å²) in [6, 6.07) is 14.6. The predicted molar refractivity (Wildman–Crippen MR) is 128 cm³/mol. The molecule has 0 saturated carbocycles. The van der Waals surface area contributed by atoms with Crippen LogP contribution in [0.1, 0.15) is 23.1 Å². The van der Waals surface area contributed by atoms with E-state index in [0.29, 0.717) is 43.1 Å². The number of nitrogens with one attached hydrogen (secondary N) is 1. The van der Waals surface area contributed by atoms with E-state index in [1.807, 2.05) is 23.1 Å². The number of urea groups is 1. The van der Waals surface area contributed by atoms with E-state index in [1.54, 1.807) is 29.2 Å². The van der Waals surface area contributed by atoms with Crippen molar-refractivity contribution in [3.63, 3.8) is 0 Å². The summed E-state index contributed by atoms with van der Waals surface area (Å²) in [6.45, 7) is 1.65. The van der Waals surface area contributed by atoms with E-state index in [1.165, 1.54) is 12.1 Å². The molecule has 3 N–H and O–H groups in total. The van der Waals surface area contributed by atoms with Crippen LogP contribution in [0.3, 0.4) is 0 Å². The summed E-state index contributed by atoms with van der Waals surface area (Å²) in [5.41, 5.74) is 10.4. The summed E-state index contributed by atoms with van der Waals surface area (Å²) in [5.74, 6) is -1.41. The second-order valence-corrected chi connectivity index (χ2v) is 9.29. The summed E-state index contributed by atoms with van der Waals surface area (Å²) in [4.78, 5) is 20.9.